The molecule has 17 heavy (non-hydrogen) atoms. The maximum absolute atomic E-state index is 10.6. The van der Waals surface area contributed by atoms with E-state index in [2.05, 4.69) is 12.6 Å². The lowest BCUT2D eigenvalue weighted by molar-refractivity contribution is -0.147. The van der Waals surface area contributed by atoms with E-state index in [0.717, 1.165) is 0 Å². The number of hydrogen-bond acceptors (Lipinski definition) is 4. The van der Waals surface area contributed by atoms with E-state index in [1.165, 1.54) is 12.1 Å². The Balaban J connectivity index is 2.93. The minimum atomic E-state index is -1.62. The Hall–Kier alpha value is -1.53. The van der Waals surface area contributed by atoms with E-state index in [9.17, 15) is 14.7 Å². The van der Waals surface area contributed by atoms with Gasteiger partial charge in [0, 0.05) is 11.3 Å². The molecule has 1 unspecified atom stereocenters. The lowest BCUT2D eigenvalue weighted by atomic mass is 10.0. The van der Waals surface area contributed by atoms with Crippen LogP contribution in [0.25, 0.3) is 0 Å². The summed E-state index contributed by atoms with van der Waals surface area (Å²) < 4.78 is 0. The molecule has 3 N–H and O–H groups in total. The summed E-state index contributed by atoms with van der Waals surface area (Å²) in [5.41, 5.74) is 0.834. The highest BCUT2D eigenvalue weighted by Crippen LogP contribution is 2.20. The van der Waals surface area contributed by atoms with E-state index >= 15 is 0 Å². The number of carboxylic acids is 2. The third kappa shape index (κ3) is 4.08. The second-order valence-corrected chi connectivity index (χ2v) is 4.08. The Kier molecular flexibility index (Phi) is 4.53. The molecule has 1 aromatic rings. The number of aliphatic carboxylic acids is 2. The number of aliphatic hydroxyl groups is 1. The number of aryl methyl sites for hydroxylation is 1. The summed E-state index contributed by atoms with van der Waals surface area (Å²) in [5.74, 6) is -2.29. The van der Waals surface area contributed by atoms with E-state index in [1.807, 2.05) is 0 Å². The topological polar surface area (TPSA) is 94.8 Å². The van der Waals surface area contributed by atoms with Crippen molar-refractivity contribution < 1.29 is 24.9 Å². The predicted molar refractivity (Wildman–Crippen MR) is 62.2 cm³/mol. The predicted octanol–water partition coefficient (Wildman–Crippen LogP) is 1.11. The minimum absolute atomic E-state index is 0.0557. The fraction of sp³-hybridized carbons (Fsp3) is 0.273. The molecular weight excluding hydrogens is 244 g/mol. The van der Waals surface area contributed by atoms with Gasteiger partial charge in [-0.15, -0.1) is 12.6 Å². The monoisotopic (exact) mass is 256 g/mol. The summed E-state index contributed by atoms with van der Waals surface area (Å²) in [4.78, 5) is 21.5. The van der Waals surface area contributed by atoms with Gasteiger partial charge in [0.2, 0.25) is 0 Å². The first-order valence-electron chi connectivity index (χ1n) is 4.85. The van der Waals surface area contributed by atoms with E-state index in [0.29, 0.717) is 10.5 Å². The van der Waals surface area contributed by atoms with Gasteiger partial charge in [-0.2, -0.15) is 0 Å². The van der Waals surface area contributed by atoms with Gasteiger partial charge in [-0.1, -0.05) is 6.07 Å². The first-order chi connectivity index (χ1) is 7.90. The SMILES string of the molecule is O=C(O)CCc1cc(S)cc(C(O)C(=O)O)c1. The molecular formula is C11H12O5S. The van der Waals surface area contributed by atoms with Crippen molar-refractivity contribution >= 4 is 24.6 Å². The zero-order valence-corrected chi connectivity index (χ0v) is 9.72. The lowest BCUT2D eigenvalue weighted by Crippen LogP contribution is -2.11. The number of hydrogen-bond donors (Lipinski definition) is 4. The molecule has 0 bridgehead atoms. The van der Waals surface area contributed by atoms with Crippen molar-refractivity contribution in [3.63, 3.8) is 0 Å². The molecule has 0 radical (unpaired) electrons. The third-order valence-corrected chi connectivity index (χ3v) is 2.44. The van der Waals surface area contributed by atoms with Gasteiger partial charge in [0.15, 0.2) is 6.10 Å². The van der Waals surface area contributed by atoms with Crippen LogP contribution in [0.5, 0.6) is 0 Å². The van der Waals surface area contributed by atoms with Crippen LogP contribution in [0.2, 0.25) is 0 Å². The molecule has 0 aromatic heterocycles. The molecule has 6 heteroatoms. The zero-order chi connectivity index (χ0) is 13.0. The first kappa shape index (κ1) is 13.5. The van der Waals surface area contributed by atoms with Crippen LogP contribution in [-0.2, 0) is 16.0 Å². The number of rotatable bonds is 5. The average Bonchev–Trinajstić information content (AvgIpc) is 2.24. The van der Waals surface area contributed by atoms with E-state index in [-0.39, 0.29) is 18.4 Å². The highest BCUT2D eigenvalue weighted by molar-refractivity contribution is 7.80. The second kappa shape index (κ2) is 5.70. The van der Waals surface area contributed by atoms with Gasteiger partial charge in [0.25, 0.3) is 0 Å². The summed E-state index contributed by atoms with van der Waals surface area (Å²) in [5, 5.41) is 26.6. The van der Waals surface area contributed by atoms with Crippen molar-refractivity contribution in [2.45, 2.75) is 23.8 Å². The van der Waals surface area contributed by atoms with Crippen molar-refractivity contribution in [1.29, 1.82) is 0 Å². The van der Waals surface area contributed by atoms with Crippen molar-refractivity contribution in [3.05, 3.63) is 29.3 Å². The molecule has 0 aliphatic carbocycles. The molecule has 5 nitrogen and oxygen atoms in total. The number of thiol groups is 1. The molecule has 0 fully saturated rings. The van der Waals surface area contributed by atoms with Gasteiger partial charge in [0.1, 0.15) is 0 Å². The molecule has 0 aliphatic heterocycles. The quantitative estimate of drug-likeness (QED) is 0.592. The van der Waals surface area contributed by atoms with Crippen molar-refractivity contribution in [2.24, 2.45) is 0 Å². The van der Waals surface area contributed by atoms with Gasteiger partial charge in [0.05, 0.1) is 0 Å². The fourth-order valence-electron chi connectivity index (χ4n) is 1.40. The lowest BCUT2D eigenvalue weighted by Gasteiger charge is -2.09. The molecule has 1 atom stereocenters. The molecule has 0 saturated carbocycles. The third-order valence-electron chi connectivity index (χ3n) is 2.18. The van der Waals surface area contributed by atoms with Crippen LogP contribution in [0, 0.1) is 0 Å². The van der Waals surface area contributed by atoms with Crippen molar-refractivity contribution in [2.75, 3.05) is 0 Å². The summed E-state index contributed by atoms with van der Waals surface area (Å²) >= 11 is 4.08. The van der Waals surface area contributed by atoms with E-state index in [4.69, 9.17) is 10.2 Å². The van der Waals surface area contributed by atoms with Gasteiger partial charge in [-0.25, -0.2) is 4.79 Å². The molecule has 0 saturated heterocycles. The maximum atomic E-state index is 10.6. The van der Waals surface area contributed by atoms with Gasteiger partial charge < -0.3 is 15.3 Å². The molecule has 0 amide bonds. The van der Waals surface area contributed by atoms with Crippen LogP contribution in [0.3, 0.4) is 0 Å². The van der Waals surface area contributed by atoms with Crippen molar-refractivity contribution in [1.82, 2.24) is 0 Å². The van der Waals surface area contributed by atoms with Crippen LogP contribution in [0.1, 0.15) is 23.7 Å². The van der Waals surface area contributed by atoms with Gasteiger partial charge >= 0.3 is 11.9 Å². The molecule has 0 aliphatic rings. The summed E-state index contributed by atoms with van der Waals surface area (Å²) in [6.45, 7) is 0. The highest BCUT2D eigenvalue weighted by Gasteiger charge is 2.16. The molecule has 92 valence electrons. The minimum Gasteiger partial charge on any atom is -0.481 e. The smallest absolute Gasteiger partial charge is 0.337 e. The van der Waals surface area contributed by atoms with Crippen molar-refractivity contribution in [3.8, 4) is 0 Å². The molecule has 1 rings (SSSR count). The Morgan fingerprint density at radius 3 is 2.41 bits per heavy atom. The second-order valence-electron chi connectivity index (χ2n) is 3.57. The Morgan fingerprint density at radius 1 is 1.24 bits per heavy atom. The van der Waals surface area contributed by atoms with E-state index in [1.54, 1.807) is 6.07 Å². The normalized spacial score (nSPS) is 12.1. The fourth-order valence-corrected chi connectivity index (χ4v) is 1.71. The molecule has 0 heterocycles. The zero-order valence-electron chi connectivity index (χ0n) is 8.83. The Bertz CT molecular complexity index is 443. The maximum Gasteiger partial charge on any atom is 0.337 e. The average molecular weight is 256 g/mol. The highest BCUT2D eigenvalue weighted by atomic mass is 32.1. The number of benzene rings is 1. The summed E-state index contributed by atoms with van der Waals surface area (Å²) in [6, 6.07) is 4.55. The summed E-state index contributed by atoms with van der Waals surface area (Å²) in [6.07, 6.45) is -1.41. The van der Waals surface area contributed by atoms with Crippen LogP contribution < -0.4 is 0 Å². The van der Waals surface area contributed by atoms with Crippen LogP contribution in [0.4, 0.5) is 0 Å². The number of aliphatic hydroxyl groups excluding tert-OH is 1. The van der Waals surface area contributed by atoms with Crippen LogP contribution in [0.15, 0.2) is 23.1 Å². The summed E-state index contributed by atoms with van der Waals surface area (Å²) in [7, 11) is 0. The standard InChI is InChI=1S/C11H12O5S/c12-9(13)2-1-6-3-7(5-8(17)4-6)10(14)11(15)16/h3-5,10,14,17H,1-2H2,(H,12,13)(H,15,16). The number of carboxylic acid groups (broad SMARTS) is 2. The van der Waals surface area contributed by atoms with Crippen LogP contribution >= 0.6 is 12.6 Å². The molecule has 0 spiro atoms. The van der Waals surface area contributed by atoms with Crippen LogP contribution in [-0.4, -0.2) is 27.3 Å². The Labute approximate surface area is 103 Å². The number of carbonyl (C=O) groups is 2. The largest absolute Gasteiger partial charge is 0.481 e. The molecule has 1 aromatic carbocycles. The van der Waals surface area contributed by atoms with E-state index < -0.39 is 18.0 Å². The Morgan fingerprint density at radius 2 is 1.88 bits per heavy atom. The van der Waals surface area contributed by atoms with Gasteiger partial charge in [-0.3, -0.25) is 4.79 Å². The van der Waals surface area contributed by atoms with Gasteiger partial charge in [-0.05, 0) is 29.7 Å². The first-order valence-corrected chi connectivity index (χ1v) is 5.30.